The number of ether oxygens (including phenoxy) is 1. The lowest BCUT2D eigenvalue weighted by Crippen LogP contribution is -2.29. The summed E-state index contributed by atoms with van der Waals surface area (Å²) in [7, 11) is 0. The van der Waals surface area contributed by atoms with Gasteiger partial charge in [0.15, 0.2) is 0 Å². The minimum Gasteiger partial charge on any atom is -0.507 e. The molecule has 34 heavy (non-hydrogen) atoms. The Morgan fingerprint density at radius 1 is 1.03 bits per heavy atom. The number of carbonyl (C=O) groups is 2. The number of amides is 1. The predicted octanol–water partition coefficient (Wildman–Crippen LogP) is 6.31. The molecule has 3 aromatic rings. The quantitative estimate of drug-likeness (QED) is 0.258. The van der Waals surface area contributed by atoms with Gasteiger partial charge >= 0.3 is 0 Å². The zero-order valence-electron chi connectivity index (χ0n) is 19.3. The number of halogens is 1. The fraction of sp³-hybridized carbons (Fsp3) is 0.214. The lowest BCUT2D eigenvalue weighted by molar-refractivity contribution is -0.132. The number of carbonyl (C=O) groups excluding carboxylic acids is 2. The number of Topliss-reactive ketones (excluding diaryl/α,β-unsaturated/α-hetero) is 1. The van der Waals surface area contributed by atoms with Crippen molar-refractivity contribution in [1.82, 2.24) is 0 Å². The second-order valence-electron chi connectivity index (χ2n) is 8.79. The Morgan fingerprint density at radius 2 is 1.74 bits per heavy atom. The van der Waals surface area contributed by atoms with E-state index in [2.05, 4.69) is 13.8 Å². The van der Waals surface area contributed by atoms with Gasteiger partial charge in [-0.15, -0.1) is 0 Å². The van der Waals surface area contributed by atoms with E-state index in [-0.39, 0.29) is 11.3 Å². The van der Waals surface area contributed by atoms with E-state index in [0.717, 1.165) is 5.56 Å². The number of rotatable bonds is 6. The zero-order valence-corrected chi connectivity index (χ0v) is 20.0. The molecule has 1 fully saturated rings. The third-order valence-corrected chi connectivity index (χ3v) is 5.85. The van der Waals surface area contributed by atoms with Crippen molar-refractivity contribution < 1.29 is 19.4 Å². The third kappa shape index (κ3) is 4.70. The van der Waals surface area contributed by atoms with Crippen molar-refractivity contribution in [3.8, 4) is 5.75 Å². The summed E-state index contributed by atoms with van der Waals surface area (Å²) in [5, 5.41) is 11.6. The van der Waals surface area contributed by atoms with Crippen molar-refractivity contribution in [1.29, 1.82) is 0 Å². The molecular weight excluding hydrogens is 450 g/mol. The first-order chi connectivity index (χ1) is 16.3. The number of hydrogen-bond acceptors (Lipinski definition) is 4. The molecule has 0 aliphatic carbocycles. The van der Waals surface area contributed by atoms with Crippen LogP contribution in [0.25, 0.3) is 5.76 Å². The predicted molar refractivity (Wildman–Crippen MR) is 134 cm³/mol. The zero-order chi connectivity index (χ0) is 24.4. The molecule has 3 aromatic carbocycles. The van der Waals surface area contributed by atoms with E-state index in [1.165, 1.54) is 4.90 Å². The van der Waals surface area contributed by atoms with Gasteiger partial charge < -0.3 is 9.84 Å². The standard InChI is InChI=1S/C28H26ClNO4/c1-17(2)16-34-23-9-5-6-19(15-23)25-24(26(31)20-7-4-8-21(29)14-20)27(32)28(33)30(25)22-12-10-18(3)11-13-22/h4-15,17,25,31H,16H2,1-3H3/b26-24-. The van der Waals surface area contributed by atoms with Gasteiger partial charge in [-0.2, -0.15) is 0 Å². The van der Waals surface area contributed by atoms with Gasteiger partial charge in [0, 0.05) is 16.3 Å². The molecule has 1 saturated heterocycles. The van der Waals surface area contributed by atoms with E-state index in [9.17, 15) is 14.7 Å². The molecular formula is C28H26ClNO4. The van der Waals surface area contributed by atoms with E-state index in [1.54, 1.807) is 36.4 Å². The maximum Gasteiger partial charge on any atom is 0.300 e. The van der Waals surface area contributed by atoms with Gasteiger partial charge in [0.05, 0.1) is 18.2 Å². The monoisotopic (exact) mass is 475 g/mol. The van der Waals surface area contributed by atoms with Gasteiger partial charge in [-0.3, -0.25) is 14.5 Å². The lowest BCUT2D eigenvalue weighted by atomic mass is 9.95. The van der Waals surface area contributed by atoms with Crippen molar-refractivity contribution in [2.45, 2.75) is 26.8 Å². The number of anilines is 1. The molecule has 4 rings (SSSR count). The molecule has 0 radical (unpaired) electrons. The maximum atomic E-state index is 13.3. The number of aliphatic hydroxyl groups excluding tert-OH is 1. The number of hydrogen-bond donors (Lipinski definition) is 1. The van der Waals surface area contributed by atoms with Crippen molar-refractivity contribution in [3.63, 3.8) is 0 Å². The Balaban J connectivity index is 1.89. The maximum absolute atomic E-state index is 13.3. The molecule has 0 aromatic heterocycles. The molecule has 5 nitrogen and oxygen atoms in total. The summed E-state index contributed by atoms with van der Waals surface area (Å²) in [4.78, 5) is 28.0. The summed E-state index contributed by atoms with van der Waals surface area (Å²) in [5.41, 5.74) is 2.63. The molecule has 1 heterocycles. The Morgan fingerprint density at radius 3 is 2.41 bits per heavy atom. The van der Waals surface area contributed by atoms with Crippen LogP contribution in [0.2, 0.25) is 5.02 Å². The molecule has 1 amide bonds. The first kappa shape index (κ1) is 23.6. The minimum absolute atomic E-state index is 0.00820. The van der Waals surface area contributed by atoms with Crippen LogP contribution in [0, 0.1) is 12.8 Å². The molecule has 1 N–H and O–H groups in total. The summed E-state index contributed by atoms with van der Waals surface area (Å²) < 4.78 is 5.89. The van der Waals surface area contributed by atoms with E-state index >= 15 is 0 Å². The molecule has 0 saturated carbocycles. The molecule has 1 aliphatic heterocycles. The van der Waals surface area contributed by atoms with Crippen molar-refractivity contribution in [2.24, 2.45) is 5.92 Å². The summed E-state index contributed by atoms with van der Waals surface area (Å²) in [5.74, 6) is -0.760. The SMILES string of the molecule is Cc1ccc(N2C(=O)C(=O)/C(=C(\O)c3cccc(Cl)c3)C2c2cccc(OCC(C)C)c2)cc1. The molecule has 174 valence electrons. The number of nitrogens with zero attached hydrogens (tertiary/aromatic N) is 1. The van der Waals surface area contributed by atoms with E-state index < -0.39 is 17.7 Å². The van der Waals surface area contributed by atoms with Gasteiger partial charge in [0.25, 0.3) is 11.7 Å². The first-order valence-corrected chi connectivity index (χ1v) is 11.5. The van der Waals surface area contributed by atoms with Crippen LogP contribution in [0.4, 0.5) is 5.69 Å². The summed E-state index contributed by atoms with van der Waals surface area (Å²) in [6.07, 6.45) is 0. The third-order valence-electron chi connectivity index (χ3n) is 5.61. The molecule has 0 spiro atoms. The Labute approximate surface area is 204 Å². The van der Waals surface area contributed by atoms with Crippen LogP contribution >= 0.6 is 11.6 Å². The van der Waals surface area contributed by atoms with Crippen LogP contribution in [-0.4, -0.2) is 23.4 Å². The van der Waals surface area contributed by atoms with Gasteiger partial charge in [-0.05, 0) is 54.8 Å². The highest BCUT2D eigenvalue weighted by Crippen LogP contribution is 2.43. The fourth-order valence-electron chi connectivity index (χ4n) is 3.95. The highest BCUT2D eigenvalue weighted by molar-refractivity contribution is 6.51. The van der Waals surface area contributed by atoms with Gasteiger partial charge in [-0.25, -0.2) is 0 Å². The number of benzene rings is 3. The van der Waals surface area contributed by atoms with Crippen LogP contribution in [0.15, 0.2) is 78.4 Å². The molecule has 6 heteroatoms. The second kappa shape index (κ2) is 9.74. The number of aliphatic hydroxyl groups is 1. The topological polar surface area (TPSA) is 66.8 Å². The molecule has 1 aliphatic rings. The van der Waals surface area contributed by atoms with Crippen LogP contribution in [0.3, 0.4) is 0 Å². The smallest absolute Gasteiger partial charge is 0.300 e. The van der Waals surface area contributed by atoms with E-state index in [4.69, 9.17) is 16.3 Å². The molecule has 1 atom stereocenters. The average Bonchev–Trinajstić information content (AvgIpc) is 3.08. The van der Waals surface area contributed by atoms with Gasteiger partial charge in [-0.1, -0.05) is 67.4 Å². The summed E-state index contributed by atoms with van der Waals surface area (Å²) in [6, 6.07) is 20.4. The van der Waals surface area contributed by atoms with Gasteiger partial charge in [0.1, 0.15) is 11.5 Å². The normalized spacial score (nSPS) is 17.4. The summed E-state index contributed by atoms with van der Waals surface area (Å²) in [6.45, 7) is 6.59. The Bertz CT molecular complexity index is 1260. The van der Waals surface area contributed by atoms with E-state index in [1.807, 2.05) is 43.3 Å². The van der Waals surface area contributed by atoms with Crippen LogP contribution in [-0.2, 0) is 9.59 Å². The largest absolute Gasteiger partial charge is 0.507 e. The average molecular weight is 476 g/mol. The lowest BCUT2D eigenvalue weighted by Gasteiger charge is -2.26. The van der Waals surface area contributed by atoms with Crippen molar-refractivity contribution in [2.75, 3.05) is 11.5 Å². The van der Waals surface area contributed by atoms with Crippen LogP contribution < -0.4 is 9.64 Å². The molecule has 1 unspecified atom stereocenters. The van der Waals surface area contributed by atoms with Crippen LogP contribution in [0.5, 0.6) is 5.75 Å². The Kier molecular flexibility index (Phi) is 6.75. The van der Waals surface area contributed by atoms with Crippen molar-refractivity contribution in [3.05, 3.63) is 100 Å². The van der Waals surface area contributed by atoms with Crippen molar-refractivity contribution >= 4 is 34.7 Å². The highest BCUT2D eigenvalue weighted by Gasteiger charge is 2.47. The molecule has 0 bridgehead atoms. The van der Waals surface area contributed by atoms with Crippen LogP contribution in [0.1, 0.15) is 36.6 Å². The fourth-order valence-corrected chi connectivity index (χ4v) is 4.14. The van der Waals surface area contributed by atoms with E-state index in [0.29, 0.717) is 40.1 Å². The minimum atomic E-state index is -0.829. The summed E-state index contributed by atoms with van der Waals surface area (Å²) >= 11 is 6.12. The van der Waals surface area contributed by atoms with Gasteiger partial charge in [0.2, 0.25) is 0 Å². The Hall–Kier alpha value is -3.57. The second-order valence-corrected chi connectivity index (χ2v) is 9.23. The highest BCUT2D eigenvalue weighted by atomic mass is 35.5. The number of ketones is 1. The first-order valence-electron chi connectivity index (χ1n) is 11.1. The number of aryl methyl sites for hydroxylation is 1.